The maximum atomic E-state index is 12.0. The molecular formula is C17H19N5O3. The first-order chi connectivity index (χ1) is 12.1. The summed E-state index contributed by atoms with van der Waals surface area (Å²) in [6, 6.07) is 11.1. The van der Waals surface area contributed by atoms with Crippen molar-refractivity contribution in [3.63, 3.8) is 0 Å². The smallest absolute Gasteiger partial charge is 0.224 e. The van der Waals surface area contributed by atoms with Crippen LogP contribution in [-0.2, 0) is 31.4 Å². The second-order valence-corrected chi connectivity index (χ2v) is 5.62. The number of nitrogens with zero attached hydrogens (tertiary/aromatic N) is 4. The van der Waals surface area contributed by atoms with E-state index in [1.165, 1.54) is 0 Å². The van der Waals surface area contributed by atoms with Crippen molar-refractivity contribution < 1.29 is 13.9 Å². The Morgan fingerprint density at radius 2 is 2.04 bits per heavy atom. The van der Waals surface area contributed by atoms with Gasteiger partial charge in [0.2, 0.25) is 5.91 Å². The van der Waals surface area contributed by atoms with Gasteiger partial charge < -0.3 is 14.5 Å². The molecule has 3 rings (SSSR count). The minimum absolute atomic E-state index is 0.0621. The van der Waals surface area contributed by atoms with Gasteiger partial charge in [0, 0.05) is 7.05 Å². The monoisotopic (exact) mass is 341 g/mol. The number of benzene rings is 1. The minimum Gasteiger partial charge on any atom is -0.486 e. The lowest BCUT2D eigenvalue weighted by molar-refractivity contribution is -0.120. The molecule has 1 amide bonds. The van der Waals surface area contributed by atoms with Gasteiger partial charge in [-0.2, -0.15) is 0 Å². The molecule has 0 spiro atoms. The van der Waals surface area contributed by atoms with Gasteiger partial charge in [0.05, 0.1) is 13.0 Å². The summed E-state index contributed by atoms with van der Waals surface area (Å²) < 4.78 is 12.6. The number of tetrazole rings is 1. The molecule has 1 N–H and O–H groups in total. The van der Waals surface area contributed by atoms with E-state index in [-0.39, 0.29) is 12.5 Å². The van der Waals surface area contributed by atoms with Crippen LogP contribution >= 0.6 is 0 Å². The van der Waals surface area contributed by atoms with Crippen LogP contribution in [-0.4, -0.2) is 26.1 Å². The number of rotatable bonds is 7. The highest BCUT2D eigenvalue weighted by atomic mass is 16.5. The lowest BCUT2D eigenvalue weighted by atomic mass is 10.1. The van der Waals surface area contributed by atoms with Gasteiger partial charge in [0.1, 0.15) is 23.9 Å². The van der Waals surface area contributed by atoms with Crippen molar-refractivity contribution in [2.24, 2.45) is 7.05 Å². The van der Waals surface area contributed by atoms with Crippen molar-refractivity contribution in [2.45, 2.75) is 26.5 Å². The summed E-state index contributed by atoms with van der Waals surface area (Å²) in [4.78, 5) is 12.0. The fraction of sp³-hybridized carbons (Fsp3) is 0.294. The summed E-state index contributed by atoms with van der Waals surface area (Å²) in [6.45, 7) is 2.54. The van der Waals surface area contributed by atoms with E-state index < -0.39 is 0 Å². The molecule has 0 unspecified atom stereocenters. The Kier molecular flexibility index (Phi) is 5.08. The number of hydrogen-bond donors (Lipinski definition) is 1. The number of ether oxygens (including phenoxy) is 1. The van der Waals surface area contributed by atoms with E-state index in [2.05, 4.69) is 20.8 Å². The van der Waals surface area contributed by atoms with Crippen LogP contribution in [0.2, 0.25) is 0 Å². The highest BCUT2D eigenvalue weighted by Crippen LogP contribution is 2.14. The second-order valence-electron chi connectivity index (χ2n) is 5.62. The molecular weight excluding hydrogens is 322 g/mol. The lowest BCUT2D eigenvalue weighted by Crippen LogP contribution is -2.24. The largest absolute Gasteiger partial charge is 0.486 e. The Hall–Kier alpha value is -3.16. The summed E-state index contributed by atoms with van der Waals surface area (Å²) in [5.41, 5.74) is 0.904. The molecule has 2 aromatic heterocycles. The molecule has 8 nitrogen and oxygen atoms in total. The van der Waals surface area contributed by atoms with E-state index in [0.29, 0.717) is 24.5 Å². The van der Waals surface area contributed by atoms with Gasteiger partial charge in [-0.05, 0) is 47.2 Å². The Bertz CT molecular complexity index is 838. The first-order valence-electron chi connectivity index (χ1n) is 7.85. The molecule has 130 valence electrons. The molecule has 25 heavy (non-hydrogen) atoms. The molecule has 1 aromatic carbocycles. The number of hydrogen-bond acceptors (Lipinski definition) is 6. The number of carbonyl (C=O) groups is 1. The van der Waals surface area contributed by atoms with Crippen LogP contribution < -0.4 is 10.1 Å². The summed E-state index contributed by atoms with van der Waals surface area (Å²) in [6.07, 6.45) is 0.299. The fourth-order valence-electron chi connectivity index (χ4n) is 2.24. The van der Waals surface area contributed by atoms with Crippen LogP contribution in [0.4, 0.5) is 0 Å². The lowest BCUT2D eigenvalue weighted by Gasteiger charge is -2.07. The van der Waals surface area contributed by atoms with Crippen LogP contribution in [0.1, 0.15) is 22.9 Å². The first kappa shape index (κ1) is 16.7. The quantitative estimate of drug-likeness (QED) is 0.700. The van der Waals surface area contributed by atoms with Gasteiger partial charge in [-0.3, -0.25) is 4.79 Å². The highest BCUT2D eigenvalue weighted by molar-refractivity contribution is 5.78. The summed E-state index contributed by atoms with van der Waals surface area (Å²) in [5.74, 6) is 2.84. The predicted molar refractivity (Wildman–Crippen MR) is 88.6 cm³/mol. The van der Waals surface area contributed by atoms with E-state index in [1.807, 2.05) is 43.3 Å². The van der Waals surface area contributed by atoms with E-state index in [1.54, 1.807) is 11.7 Å². The molecule has 0 aliphatic heterocycles. The van der Waals surface area contributed by atoms with Crippen molar-refractivity contribution in [1.82, 2.24) is 25.5 Å². The Balaban J connectivity index is 1.46. The maximum absolute atomic E-state index is 12.0. The van der Waals surface area contributed by atoms with Crippen molar-refractivity contribution >= 4 is 5.91 Å². The third kappa shape index (κ3) is 4.66. The molecule has 0 bridgehead atoms. The molecule has 0 aliphatic carbocycles. The van der Waals surface area contributed by atoms with Gasteiger partial charge in [-0.25, -0.2) is 4.68 Å². The first-order valence-corrected chi connectivity index (χ1v) is 7.85. The zero-order valence-corrected chi connectivity index (χ0v) is 14.1. The molecule has 0 radical (unpaired) electrons. The predicted octanol–water partition coefficient (Wildman–Crippen LogP) is 1.55. The van der Waals surface area contributed by atoms with Crippen LogP contribution in [0.3, 0.4) is 0 Å². The van der Waals surface area contributed by atoms with E-state index >= 15 is 0 Å². The molecule has 0 atom stereocenters. The second kappa shape index (κ2) is 7.61. The molecule has 0 fully saturated rings. The average Bonchev–Trinajstić information content (AvgIpc) is 3.20. The number of carbonyl (C=O) groups excluding carboxylic acids is 1. The van der Waals surface area contributed by atoms with E-state index in [4.69, 9.17) is 9.15 Å². The number of nitrogens with one attached hydrogen (secondary N) is 1. The number of aromatic nitrogens is 4. The number of furan rings is 1. The van der Waals surface area contributed by atoms with Gasteiger partial charge in [-0.15, -0.1) is 5.10 Å². The zero-order chi connectivity index (χ0) is 17.6. The SMILES string of the molecule is Cc1ccc(CNC(=O)Cc2ccc(OCc3nnnn3C)cc2)o1. The van der Waals surface area contributed by atoms with Crippen molar-refractivity contribution in [3.8, 4) is 5.75 Å². The summed E-state index contributed by atoms with van der Waals surface area (Å²) >= 11 is 0. The molecule has 2 heterocycles. The third-order valence-corrected chi connectivity index (χ3v) is 3.62. The molecule has 0 saturated carbocycles. The van der Waals surface area contributed by atoms with Crippen LogP contribution in [0.25, 0.3) is 0 Å². The Morgan fingerprint density at radius 3 is 2.68 bits per heavy atom. The number of amides is 1. The number of aryl methyl sites for hydroxylation is 2. The van der Waals surface area contributed by atoms with Gasteiger partial charge in [0.15, 0.2) is 5.82 Å². The molecule has 0 saturated heterocycles. The van der Waals surface area contributed by atoms with Crippen molar-refractivity contribution in [1.29, 1.82) is 0 Å². The topological polar surface area (TPSA) is 95.1 Å². The van der Waals surface area contributed by atoms with E-state index in [0.717, 1.165) is 17.1 Å². The summed E-state index contributed by atoms with van der Waals surface area (Å²) in [7, 11) is 1.75. The van der Waals surface area contributed by atoms with Crippen molar-refractivity contribution in [2.75, 3.05) is 0 Å². The summed E-state index contributed by atoms with van der Waals surface area (Å²) in [5, 5.41) is 14.0. The minimum atomic E-state index is -0.0621. The van der Waals surface area contributed by atoms with Crippen LogP contribution in [0.5, 0.6) is 5.75 Å². The molecule has 8 heteroatoms. The van der Waals surface area contributed by atoms with Crippen LogP contribution in [0.15, 0.2) is 40.8 Å². The molecule has 3 aromatic rings. The normalized spacial score (nSPS) is 10.6. The maximum Gasteiger partial charge on any atom is 0.224 e. The average molecular weight is 341 g/mol. The van der Waals surface area contributed by atoms with Gasteiger partial charge in [-0.1, -0.05) is 12.1 Å². The fourth-order valence-corrected chi connectivity index (χ4v) is 2.24. The van der Waals surface area contributed by atoms with Gasteiger partial charge in [0.25, 0.3) is 0 Å². The highest BCUT2D eigenvalue weighted by Gasteiger charge is 2.07. The van der Waals surface area contributed by atoms with Crippen LogP contribution in [0, 0.1) is 6.92 Å². The third-order valence-electron chi connectivity index (χ3n) is 3.62. The molecule has 0 aliphatic rings. The standard InChI is InChI=1S/C17H19N5O3/c1-12-3-6-15(25-12)10-18-17(23)9-13-4-7-14(8-5-13)24-11-16-19-20-21-22(16)2/h3-8H,9-11H2,1-2H3,(H,18,23). The zero-order valence-electron chi connectivity index (χ0n) is 14.1. The van der Waals surface area contributed by atoms with Crippen molar-refractivity contribution in [3.05, 3.63) is 59.3 Å². The Labute approximate surface area is 144 Å². The van der Waals surface area contributed by atoms with E-state index in [9.17, 15) is 4.79 Å². The van der Waals surface area contributed by atoms with Gasteiger partial charge >= 0.3 is 0 Å². The Morgan fingerprint density at radius 1 is 1.24 bits per heavy atom.